The number of carboxylic acid groups (broad SMARTS) is 1. The molecule has 1 atom stereocenters. The summed E-state index contributed by atoms with van der Waals surface area (Å²) < 4.78 is 0. The second kappa shape index (κ2) is 5.62. The van der Waals surface area contributed by atoms with E-state index in [9.17, 15) is 9.59 Å². The molecule has 1 unspecified atom stereocenters. The predicted molar refractivity (Wildman–Crippen MR) is 74.3 cm³/mol. The molecule has 112 valence electrons. The van der Waals surface area contributed by atoms with Crippen molar-refractivity contribution in [1.29, 1.82) is 0 Å². The lowest BCUT2D eigenvalue weighted by molar-refractivity contribution is -0.138. The molecule has 20 heavy (non-hydrogen) atoms. The van der Waals surface area contributed by atoms with E-state index in [1.54, 1.807) is 4.90 Å². The molecule has 0 bridgehead atoms. The molecule has 0 aromatic carbocycles. The van der Waals surface area contributed by atoms with E-state index >= 15 is 0 Å². The molecule has 0 aromatic rings. The van der Waals surface area contributed by atoms with E-state index < -0.39 is 5.97 Å². The van der Waals surface area contributed by atoms with Crippen LogP contribution in [0.2, 0.25) is 0 Å². The number of carbonyl (C=O) groups excluding carboxylic acids is 1. The zero-order valence-corrected chi connectivity index (χ0v) is 11.9. The van der Waals surface area contributed by atoms with Gasteiger partial charge in [-0.25, -0.2) is 4.79 Å². The first kappa shape index (κ1) is 13.7. The van der Waals surface area contributed by atoms with Crippen LogP contribution in [0.1, 0.15) is 38.5 Å². The maximum atomic E-state index is 12.1. The predicted octanol–water partition coefficient (Wildman–Crippen LogP) is 1.93. The van der Waals surface area contributed by atoms with Crippen molar-refractivity contribution >= 4 is 12.0 Å². The van der Waals surface area contributed by atoms with Gasteiger partial charge in [-0.05, 0) is 55.8 Å². The Morgan fingerprint density at radius 1 is 1.15 bits per heavy atom. The lowest BCUT2D eigenvalue weighted by Gasteiger charge is -2.21. The van der Waals surface area contributed by atoms with Gasteiger partial charge in [-0.3, -0.25) is 4.79 Å². The number of carboxylic acids is 1. The van der Waals surface area contributed by atoms with Crippen molar-refractivity contribution in [1.82, 2.24) is 10.2 Å². The average molecular weight is 280 g/mol. The SMILES string of the molecule is O=C(O)CC1CCN(C(=O)NCC(C2CC2)C2CC2)C1. The monoisotopic (exact) mass is 280 g/mol. The normalized spacial score (nSPS) is 26.1. The highest BCUT2D eigenvalue weighted by molar-refractivity contribution is 5.74. The Morgan fingerprint density at radius 3 is 2.35 bits per heavy atom. The van der Waals surface area contributed by atoms with Crippen molar-refractivity contribution in [2.45, 2.75) is 38.5 Å². The number of urea groups is 1. The lowest BCUT2D eigenvalue weighted by Crippen LogP contribution is -2.41. The van der Waals surface area contributed by atoms with Crippen molar-refractivity contribution in [3.05, 3.63) is 0 Å². The summed E-state index contributed by atoms with van der Waals surface area (Å²) in [4.78, 5) is 24.6. The Balaban J connectivity index is 1.41. The van der Waals surface area contributed by atoms with E-state index in [1.807, 2.05) is 0 Å². The fourth-order valence-corrected chi connectivity index (χ4v) is 3.51. The van der Waals surface area contributed by atoms with Gasteiger partial charge in [0.05, 0.1) is 0 Å². The molecule has 1 heterocycles. The maximum absolute atomic E-state index is 12.1. The van der Waals surface area contributed by atoms with Crippen LogP contribution in [0.25, 0.3) is 0 Å². The first-order valence-corrected chi connectivity index (χ1v) is 7.88. The van der Waals surface area contributed by atoms with Gasteiger partial charge in [0, 0.05) is 26.1 Å². The first-order chi connectivity index (χ1) is 9.63. The summed E-state index contributed by atoms with van der Waals surface area (Å²) in [5.74, 6) is 1.75. The standard InChI is InChI=1S/C15H24N2O3/c18-14(19)7-10-5-6-17(9-10)15(20)16-8-13(11-1-2-11)12-3-4-12/h10-13H,1-9H2,(H,16,20)(H,18,19). The number of aliphatic carboxylic acids is 1. The van der Waals surface area contributed by atoms with Crippen LogP contribution in [-0.4, -0.2) is 41.6 Å². The molecule has 0 spiro atoms. The third kappa shape index (κ3) is 3.44. The quantitative estimate of drug-likeness (QED) is 0.781. The molecule has 3 aliphatic rings. The van der Waals surface area contributed by atoms with Crippen LogP contribution in [0.5, 0.6) is 0 Å². The summed E-state index contributed by atoms with van der Waals surface area (Å²) in [6, 6.07) is 0.00388. The van der Waals surface area contributed by atoms with Gasteiger partial charge in [0.1, 0.15) is 0 Å². The highest BCUT2D eigenvalue weighted by Gasteiger charge is 2.41. The van der Waals surface area contributed by atoms with E-state index in [0.717, 1.165) is 24.8 Å². The van der Waals surface area contributed by atoms with Crippen LogP contribution < -0.4 is 5.32 Å². The van der Waals surface area contributed by atoms with Gasteiger partial charge in [0.2, 0.25) is 0 Å². The minimum Gasteiger partial charge on any atom is -0.481 e. The number of nitrogens with one attached hydrogen (secondary N) is 1. The van der Waals surface area contributed by atoms with E-state index in [0.29, 0.717) is 19.0 Å². The van der Waals surface area contributed by atoms with Crippen molar-refractivity contribution in [3.63, 3.8) is 0 Å². The summed E-state index contributed by atoms with van der Waals surface area (Å²) in [6.07, 6.45) is 6.33. The molecule has 3 fully saturated rings. The van der Waals surface area contributed by atoms with Crippen LogP contribution in [0.15, 0.2) is 0 Å². The number of amides is 2. The van der Waals surface area contributed by atoms with Crippen LogP contribution in [-0.2, 0) is 4.79 Å². The Morgan fingerprint density at radius 2 is 1.80 bits per heavy atom. The summed E-state index contributed by atoms with van der Waals surface area (Å²) in [6.45, 7) is 2.10. The number of hydrogen-bond donors (Lipinski definition) is 2. The molecule has 3 rings (SSSR count). The highest BCUT2D eigenvalue weighted by Crippen LogP contribution is 2.48. The van der Waals surface area contributed by atoms with Gasteiger partial charge in [-0.2, -0.15) is 0 Å². The molecule has 1 saturated heterocycles. The molecule has 1 aliphatic heterocycles. The molecule has 5 heteroatoms. The third-order valence-electron chi connectivity index (χ3n) is 4.98. The highest BCUT2D eigenvalue weighted by atomic mass is 16.4. The van der Waals surface area contributed by atoms with E-state index in [2.05, 4.69) is 5.32 Å². The molecule has 2 aliphatic carbocycles. The fourth-order valence-electron chi connectivity index (χ4n) is 3.51. The Labute approximate surface area is 119 Å². The number of rotatable bonds is 6. The van der Waals surface area contributed by atoms with E-state index in [4.69, 9.17) is 5.11 Å². The van der Waals surface area contributed by atoms with Gasteiger partial charge >= 0.3 is 12.0 Å². The van der Waals surface area contributed by atoms with E-state index in [-0.39, 0.29) is 18.4 Å². The molecular weight excluding hydrogens is 256 g/mol. The topological polar surface area (TPSA) is 69.6 Å². The van der Waals surface area contributed by atoms with Crippen molar-refractivity contribution in [2.75, 3.05) is 19.6 Å². The average Bonchev–Trinajstić information content (AvgIpc) is 3.30. The van der Waals surface area contributed by atoms with Crippen molar-refractivity contribution < 1.29 is 14.7 Å². The Kier molecular flexibility index (Phi) is 3.85. The number of hydrogen-bond acceptors (Lipinski definition) is 2. The molecule has 0 radical (unpaired) electrons. The molecule has 0 aromatic heterocycles. The summed E-state index contributed by atoms with van der Waals surface area (Å²) in [5.41, 5.74) is 0. The zero-order valence-electron chi connectivity index (χ0n) is 11.9. The van der Waals surface area contributed by atoms with Crippen molar-refractivity contribution in [2.24, 2.45) is 23.7 Å². The number of likely N-dealkylation sites (tertiary alicyclic amines) is 1. The molecule has 2 amide bonds. The molecule has 2 saturated carbocycles. The molecule has 2 N–H and O–H groups in total. The molecule has 5 nitrogen and oxygen atoms in total. The largest absolute Gasteiger partial charge is 0.481 e. The smallest absolute Gasteiger partial charge is 0.317 e. The lowest BCUT2D eigenvalue weighted by atomic mass is 9.98. The zero-order chi connectivity index (χ0) is 14.1. The Bertz CT molecular complexity index is 379. The fraction of sp³-hybridized carbons (Fsp3) is 0.867. The van der Waals surface area contributed by atoms with Gasteiger partial charge < -0.3 is 15.3 Å². The van der Waals surface area contributed by atoms with E-state index in [1.165, 1.54) is 25.7 Å². The molecular formula is C15H24N2O3. The summed E-state index contributed by atoms with van der Waals surface area (Å²) in [5, 5.41) is 11.9. The first-order valence-electron chi connectivity index (χ1n) is 7.88. The van der Waals surface area contributed by atoms with Crippen LogP contribution in [0.4, 0.5) is 4.79 Å². The minimum atomic E-state index is -0.764. The van der Waals surface area contributed by atoms with Gasteiger partial charge in [0.15, 0.2) is 0 Å². The van der Waals surface area contributed by atoms with Gasteiger partial charge in [-0.1, -0.05) is 0 Å². The van der Waals surface area contributed by atoms with Crippen LogP contribution in [0.3, 0.4) is 0 Å². The van der Waals surface area contributed by atoms with Crippen molar-refractivity contribution in [3.8, 4) is 0 Å². The Hall–Kier alpha value is -1.26. The number of carbonyl (C=O) groups is 2. The van der Waals surface area contributed by atoms with Gasteiger partial charge in [-0.15, -0.1) is 0 Å². The second-order valence-electron chi connectivity index (χ2n) is 6.72. The second-order valence-corrected chi connectivity index (χ2v) is 6.72. The number of nitrogens with zero attached hydrogens (tertiary/aromatic N) is 1. The summed E-state index contributed by atoms with van der Waals surface area (Å²) in [7, 11) is 0. The van der Waals surface area contributed by atoms with Crippen LogP contribution >= 0.6 is 0 Å². The van der Waals surface area contributed by atoms with Crippen LogP contribution in [0, 0.1) is 23.7 Å². The minimum absolute atomic E-state index is 0.00388. The third-order valence-corrected chi connectivity index (χ3v) is 4.98. The summed E-state index contributed by atoms with van der Waals surface area (Å²) >= 11 is 0. The van der Waals surface area contributed by atoms with Gasteiger partial charge in [0.25, 0.3) is 0 Å². The maximum Gasteiger partial charge on any atom is 0.317 e.